The monoisotopic (exact) mass is 583 g/mol. The molecule has 3 rings (SSSR count). The number of hydrogen-bond donors (Lipinski definition) is 3. The minimum absolute atomic E-state index is 0.0420. The standard InChI is InChI=1S/C19H21F2NO3.C8H10O4S2/c1-24-15-7-3-13(4-8-15)17(11-20)19(22-23)18(12-21)14-5-9-16(25-2)10-6-14;9-7-1-3-8(4-2-7)13-5-6-14(10,11)12/h3-10,17-18,23H,11-12H2,1-2H3;1-4,9H,5-6H2,(H,10,11,12). The predicted molar refractivity (Wildman–Crippen MR) is 148 cm³/mol. The summed E-state index contributed by atoms with van der Waals surface area (Å²) < 4.78 is 66.8. The topological polar surface area (TPSA) is 126 Å². The summed E-state index contributed by atoms with van der Waals surface area (Å²) in [5, 5.41) is 21.7. The zero-order chi connectivity index (χ0) is 28.8. The average molecular weight is 584 g/mol. The van der Waals surface area contributed by atoms with Crippen LogP contribution in [0.2, 0.25) is 0 Å². The summed E-state index contributed by atoms with van der Waals surface area (Å²) in [6.07, 6.45) is 0. The molecular formula is C27H31F2NO7S2. The Bertz CT molecular complexity index is 1210. The van der Waals surface area contributed by atoms with Crippen molar-refractivity contribution < 1.29 is 41.5 Å². The first-order valence-corrected chi connectivity index (χ1v) is 14.2. The fourth-order valence-corrected chi connectivity index (χ4v) is 5.28. The number of oxime groups is 1. The number of alkyl halides is 2. The van der Waals surface area contributed by atoms with E-state index in [4.69, 9.17) is 19.1 Å². The molecule has 0 fully saturated rings. The van der Waals surface area contributed by atoms with E-state index < -0.39 is 35.3 Å². The molecule has 0 aliphatic heterocycles. The van der Waals surface area contributed by atoms with Crippen molar-refractivity contribution in [3.63, 3.8) is 0 Å². The van der Waals surface area contributed by atoms with E-state index >= 15 is 0 Å². The van der Waals surface area contributed by atoms with E-state index in [1.165, 1.54) is 38.1 Å². The van der Waals surface area contributed by atoms with Crippen LogP contribution in [0.3, 0.4) is 0 Å². The average Bonchev–Trinajstić information content (AvgIpc) is 2.94. The number of methoxy groups -OCH3 is 2. The van der Waals surface area contributed by atoms with Crippen LogP contribution in [0.15, 0.2) is 82.8 Å². The van der Waals surface area contributed by atoms with E-state index in [-0.39, 0.29) is 17.2 Å². The third-order valence-corrected chi connectivity index (χ3v) is 7.61. The lowest BCUT2D eigenvalue weighted by Gasteiger charge is -2.22. The van der Waals surface area contributed by atoms with Gasteiger partial charge in [-0.1, -0.05) is 29.4 Å². The Morgan fingerprint density at radius 2 is 1.28 bits per heavy atom. The van der Waals surface area contributed by atoms with Crippen molar-refractivity contribution in [3.8, 4) is 17.2 Å². The molecule has 0 aromatic heterocycles. The van der Waals surface area contributed by atoms with E-state index in [0.29, 0.717) is 28.4 Å². The third kappa shape index (κ3) is 10.4. The van der Waals surface area contributed by atoms with Gasteiger partial charge in [-0.3, -0.25) is 13.3 Å². The normalized spacial score (nSPS) is 12.4. The van der Waals surface area contributed by atoms with Gasteiger partial charge >= 0.3 is 0 Å². The molecule has 0 saturated heterocycles. The van der Waals surface area contributed by atoms with Crippen molar-refractivity contribution in [2.75, 3.05) is 39.1 Å². The number of thioether (sulfide) groups is 1. The third-order valence-electron chi connectivity index (χ3n) is 5.62. The Kier molecular flexibility index (Phi) is 13.0. The molecule has 0 aliphatic carbocycles. The van der Waals surface area contributed by atoms with Crippen molar-refractivity contribution in [2.24, 2.45) is 5.16 Å². The maximum absolute atomic E-state index is 13.7. The number of phenolic OH excluding ortho intramolecular Hbond substituents is 1. The number of halogens is 2. The Hall–Kier alpha value is -3.35. The number of hydrogen-bond acceptors (Lipinski definition) is 8. The Labute approximate surface area is 231 Å². The molecule has 0 spiro atoms. The van der Waals surface area contributed by atoms with Crippen LogP contribution in [-0.4, -0.2) is 68.1 Å². The number of rotatable bonds is 12. The molecule has 3 aromatic carbocycles. The van der Waals surface area contributed by atoms with Gasteiger partial charge in [0, 0.05) is 10.6 Å². The molecule has 0 amide bonds. The molecule has 0 bridgehead atoms. The van der Waals surface area contributed by atoms with Gasteiger partial charge in [0.1, 0.15) is 30.6 Å². The maximum Gasteiger partial charge on any atom is 0.265 e. The molecule has 3 aromatic rings. The van der Waals surface area contributed by atoms with Gasteiger partial charge in [-0.05, 0) is 59.7 Å². The van der Waals surface area contributed by atoms with Gasteiger partial charge in [0.2, 0.25) is 0 Å². The lowest BCUT2D eigenvalue weighted by molar-refractivity contribution is 0.309. The summed E-state index contributed by atoms with van der Waals surface area (Å²) in [5.41, 5.74) is 1.21. The highest BCUT2D eigenvalue weighted by molar-refractivity contribution is 8.00. The van der Waals surface area contributed by atoms with Gasteiger partial charge in [-0.2, -0.15) is 8.42 Å². The van der Waals surface area contributed by atoms with E-state index in [1.54, 1.807) is 60.7 Å². The Morgan fingerprint density at radius 3 is 1.62 bits per heavy atom. The molecule has 8 nitrogen and oxygen atoms in total. The Balaban J connectivity index is 0.000000322. The van der Waals surface area contributed by atoms with Crippen molar-refractivity contribution in [3.05, 3.63) is 83.9 Å². The van der Waals surface area contributed by atoms with Crippen molar-refractivity contribution >= 4 is 27.6 Å². The molecule has 39 heavy (non-hydrogen) atoms. The summed E-state index contributed by atoms with van der Waals surface area (Å²) >= 11 is 1.31. The van der Waals surface area contributed by atoms with E-state index in [1.807, 2.05) is 0 Å². The molecular weight excluding hydrogens is 552 g/mol. The highest BCUT2D eigenvalue weighted by Gasteiger charge is 2.28. The zero-order valence-corrected chi connectivity index (χ0v) is 23.0. The van der Waals surface area contributed by atoms with Gasteiger partial charge in [-0.15, -0.1) is 11.8 Å². The highest BCUT2D eigenvalue weighted by atomic mass is 32.2. The minimum Gasteiger partial charge on any atom is -0.508 e. The lowest BCUT2D eigenvalue weighted by Crippen LogP contribution is -2.24. The number of benzene rings is 3. The molecule has 3 N–H and O–H groups in total. The minimum atomic E-state index is -3.87. The molecule has 0 heterocycles. The van der Waals surface area contributed by atoms with E-state index in [0.717, 1.165) is 4.90 Å². The maximum atomic E-state index is 13.7. The summed E-state index contributed by atoms with van der Waals surface area (Å²) in [4.78, 5) is 0.853. The smallest absolute Gasteiger partial charge is 0.265 e. The van der Waals surface area contributed by atoms with Crippen LogP contribution >= 0.6 is 11.8 Å². The van der Waals surface area contributed by atoms with Crippen LogP contribution in [-0.2, 0) is 10.1 Å². The SMILES string of the molecule is COc1ccc(C(CF)C(=NO)C(CF)c2ccc(OC)cc2)cc1.O=S(=O)(O)CCSc1ccc(O)cc1. The first-order chi connectivity index (χ1) is 18.6. The van der Waals surface area contributed by atoms with Crippen LogP contribution in [0, 0.1) is 0 Å². The molecule has 0 saturated carbocycles. The van der Waals surface area contributed by atoms with E-state index in [2.05, 4.69) is 5.16 Å². The van der Waals surface area contributed by atoms with Gasteiger partial charge < -0.3 is 19.8 Å². The molecule has 0 aliphatic rings. The largest absolute Gasteiger partial charge is 0.508 e. The van der Waals surface area contributed by atoms with Crippen molar-refractivity contribution in [1.82, 2.24) is 0 Å². The van der Waals surface area contributed by atoms with E-state index in [9.17, 15) is 22.4 Å². The summed E-state index contributed by atoms with van der Waals surface area (Å²) in [6, 6.07) is 19.9. The molecule has 2 atom stereocenters. The highest BCUT2D eigenvalue weighted by Crippen LogP contribution is 2.31. The lowest BCUT2D eigenvalue weighted by atomic mass is 9.84. The van der Waals surface area contributed by atoms with Crippen LogP contribution < -0.4 is 9.47 Å². The second kappa shape index (κ2) is 15.9. The predicted octanol–water partition coefficient (Wildman–Crippen LogP) is 5.71. The quantitative estimate of drug-likeness (QED) is 0.0814. The van der Waals surface area contributed by atoms with Crippen LogP contribution in [0.1, 0.15) is 23.0 Å². The Morgan fingerprint density at radius 1 is 0.846 bits per heavy atom. The van der Waals surface area contributed by atoms with Gasteiger partial charge in [-0.25, -0.2) is 0 Å². The molecule has 212 valence electrons. The van der Waals surface area contributed by atoms with Gasteiger partial charge in [0.25, 0.3) is 10.1 Å². The number of nitrogens with zero attached hydrogens (tertiary/aromatic N) is 1. The van der Waals surface area contributed by atoms with Crippen molar-refractivity contribution in [1.29, 1.82) is 0 Å². The molecule has 12 heteroatoms. The van der Waals surface area contributed by atoms with Crippen LogP contribution in [0.25, 0.3) is 0 Å². The van der Waals surface area contributed by atoms with Crippen LogP contribution in [0.5, 0.6) is 17.2 Å². The number of aromatic hydroxyl groups is 1. The van der Waals surface area contributed by atoms with Gasteiger partial charge in [0.05, 0.1) is 37.5 Å². The first-order valence-electron chi connectivity index (χ1n) is 11.6. The second-order valence-corrected chi connectivity index (χ2v) is 10.9. The zero-order valence-electron chi connectivity index (χ0n) is 21.4. The summed E-state index contributed by atoms with van der Waals surface area (Å²) in [5.74, 6) is -0.244. The molecule has 2 unspecified atom stereocenters. The summed E-state index contributed by atoms with van der Waals surface area (Å²) in [7, 11) is -0.807. The fourth-order valence-electron chi connectivity index (χ4n) is 3.54. The first kappa shape index (κ1) is 31.9. The van der Waals surface area contributed by atoms with Crippen LogP contribution in [0.4, 0.5) is 8.78 Å². The number of ether oxygens (including phenoxy) is 2. The fraction of sp³-hybridized carbons (Fsp3) is 0.296. The molecule has 0 radical (unpaired) electrons. The summed E-state index contributed by atoms with van der Waals surface area (Å²) in [6.45, 7) is -1.61. The second-order valence-electron chi connectivity index (χ2n) is 8.11. The van der Waals surface area contributed by atoms with Gasteiger partial charge in [0.15, 0.2) is 0 Å². The van der Waals surface area contributed by atoms with Crippen molar-refractivity contribution in [2.45, 2.75) is 16.7 Å². The number of phenols is 1.